The van der Waals surface area contributed by atoms with Crippen LogP contribution in [0.15, 0.2) is 35.0 Å². The van der Waals surface area contributed by atoms with E-state index in [1.807, 2.05) is 6.20 Å². The average Bonchev–Trinajstić information content (AvgIpc) is 2.59. The van der Waals surface area contributed by atoms with E-state index < -0.39 is 0 Å². The van der Waals surface area contributed by atoms with Gasteiger partial charge in [0.25, 0.3) is 0 Å². The summed E-state index contributed by atoms with van der Waals surface area (Å²) < 4.78 is 0. The Balaban J connectivity index is 2.00. The predicted octanol–water partition coefficient (Wildman–Crippen LogP) is 2.49. The summed E-state index contributed by atoms with van der Waals surface area (Å²) in [6.07, 6.45) is 10.1. The van der Waals surface area contributed by atoms with Crippen molar-refractivity contribution in [2.75, 3.05) is 0 Å². The molecule has 0 fully saturated rings. The Morgan fingerprint density at radius 2 is 2.58 bits per heavy atom. The highest BCUT2D eigenvalue weighted by Gasteiger charge is 2.01. The molecule has 0 atom stereocenters. The van der Waals surface area contributed by atoms with E-state index in [4.69, 9.17) is 0 Å². The van der Waals surface area contributed by atoms with Crippen LogP contribution in [-0.4, -0.2) is 9.97 Å². The van der Waals surface area contributed by atoms with Crippen molar-refractivity contribution in [1.29, 1.82) is 0 Å². The number of nitrogens with one attached hydrogen (secondary N) is 1. The SMILES string of the molecule is C1=CSC(Cc2cnc[nH]2)=CC1. The molecule has 0 saturated carbocycles. The number of aromatic nitrogens is 2. The van der Waals surface area contributed by atoms with Gasteiger partial charge in [0.05, 0.1) is 6.33 Å². The lowest BCUT2D eigenvalue weighted by atomic mass is 10.2. The van der Waals surface area contributed by atoms with Crippen LogP contribution < -0.4 is 0 Å². The maximum atomic E-state index is 3.98. The first-order valence-corrected chi connectivity index (χ1v) is 4.81. The third-order valence-corrected chi connectivity index (χ3v) is 2.66. The standard InChI is InChI=1S/C9H10N2S/c1-2-4-12-9(3-1)5-8-6-10-7-11-8/h2-4,6-7H,1,5H2,(H,10,11). The maximum Gasteiger partial charge on any atom is 0.0921 e. The molecule has 0 unspecified atom stereocenters. The number of nitrogens with zero attached hydrogens (tertiary/aromatic N) is 1. The van der Waals surface area contributed by atoms with Gasteiger partial charge in [-0.3, -0.25) is 0 Å². The van der Waals surface area contributed by atoms with E-state index in [1.54, 1.807) is 18.1 Å². The van der Waals surface area contributed by atoms with Crippen molar-refractivity contribution in [2.45, 2.75) is 12.8 Å². The van der Waals surface area contributed by atoms with Crippen LogP contribution in [0.5, 0.6) is 0 Å². The van der Waals surface area contributed by atoms with Crippen molar-refractivity contribution >= 4 is 11.8 Å². The summed E-state index contributed by atoms with van der Waals surface area (Å²) in [4.78, 5) is 8.48. The Hall–Kier alpha value is -0.960. The van der Waals surface area contributed by atoms with Gasteiger partial charge in [-0.25, -0.2) is 4.98 Å². The molecule has 1 N–H and O–H groups in total. The highest BCUT2D eigenvalue weighted by molar-refractivity contribution is 8.05. The zero-order valence-corrected chi connectivity index (χ0v) is 7.47. The van der Waals surface area contributed by atoms with E-state index in [9.17, 15) is 0 Å². The fourth-order valence-electron chi connectivity index (χ4n) is 1.12. The molecule has 0 saturated heterocycles. The monoisotopic (exact) mass is 178 g/mol. The van der Waals surface area contributed by atoms with Gasteiger partial charge in [-0.1, -0.05) is 12.2 Å². The number of rotatable bonds is 2. The highest BCUT2D eigenvalue weighted by atomic mass is 32.2. The van der Waals surface area contributed by atoms with Crippen LogP contribution in [0.2, 0.25) is 0 Å². The van der Waals surface area contributed by atoms with Crippen molar-refractivity contribution in [3.05, 3.63) is 40.7 Å². The topological polar surface area (TPSA) is 28.7 Å². The number of hydrogen-bond donors (Lipinski definition) is 1. The van der Waals surface area contributed by atoms with Crippen LogP contribution in [0, 0.1) is 0 Å². The predicted molar refractivity (Wildman–Crippen MR) is 51.7 cm³/mol. The van der Waals surface area contributed by atoms with Gasteiger partial charge in [-0.05, 0) is 16.7 Å². The summed E-state index contributed by atoms with van der Waals surface area (Å²) in [6, 6.07) is 0. The minimum atomic E-state index is 0.981. The second kappa shape index (κ2) is 3.63. The van der Waals surface area contributed by atoms with Crippen LogP contribution in [0.1, 0.15) is 12.1 Å². The summed E-state index contributed by atoms with van der Waals surface area (Å²) in [5.74, 6) is 0. The quantitative estimate of drug-likeness (QED) is 0.753. The van der Waals surface area contributed by atoms with Gasteiger partial charge in [-0.2, -0.15) is 0 Å². The molecule has 0 amide bonds. The highest BCUT2D eigenvalue weighted by Crippen LogP contribution is 2.25. The number of H-pyrrole nitrogens is 1. The number of allylic oxidation sites excluding steroid dienone is 3. The summed E-state index contributed by atoms with van der Waals surface area (Å²) in [6.45, 7) is 0. The van der Waals surface area contributed by atoms with Crippen molar-refractivity contribution in [2.24, 2.45) is 0 Å². The summed E-state index contributed by atoms with van der Waals surface area (Å²) in [5, 5.41) is 2.14. The van der Waals surface area contributed by atoms with E-state index in [2.05, 4.69) is 27.5 Å². The molecule has 62 valence electrons. The molecule has 2 heterocycles. The van der Waals surface area contributed by atoms with E-state index in [-0.39, 0.29) is 0 Å². The molecule has 12 heavy (non-hydrogen) atoms. The van der Waals surface area contributed by atoms with Gasteiger partial charge in [0.2, 0.25) is 0 Å². The number of thioether (sulfide) groups is 1. The first-order valence-electron chi connectivity index (χ1n) is 3.93. The summed E-state index contributed by atoms with van der Waals surface area (Å²) >= 11 is 1.79. The Kier molecular flexibility index (Phi) is 2.32. The second-order valence-corrected chi connectivity index (χ2v) is 3.68. The molecular formula is C9H10N2S. The maximum absolute atomic E-state index is 3.98. The van der Waals surface area contributed by atoms with E-state index in [1.165, 1.54) is 10.6 Å². The molecule has 0 bridgehead atoms. The fourth-order valence-corrected chi connectivity index (χ4v) is 1.93. The molecule has 0 radical (unpaired) electrons. The van der Waals surface area contributed by atoms with Gasteiger partial charge in [0, 0.05) is 18.3 Å². The molecular weight excluding hydrogens is 168 g/mol. The Morgan fingerprint density at radius 1 is 1.58 bits per heavy atom. The number of imidazole rings is 1. The molecule has 1 aromatic rings. The van der Waals surface area contributed by atoms with Crippen LogP contribution in [-0.2, 0) is 6.42 Å². The lowest BCUT2D eigenvalue weighted by Gasteiger charge is -2.05. The van der Waals surface area contributed by atoms with Crippen molar-refractivity contribution in [3.63, 3.8) is 0 Å². The smallest absolute Gasteiger partial charge is 0.0921 e. The molecule has 3 heteroatoms. The van der Waals surface area contributed by atoms with E-state index in [0.717, 1.165) is 12.8 Å². The zero-order chi connectivity index (χ0) is 8.23. The van der Waals surface area contributed by atoms with Crippen molar-refractivity contribution < 1.29 is 0 Å². The van der Waals surface area contributed by atoms with Gasteiger partial charge >= 0.3 is 0 Å². The summed E-state index contributed by atoms with van der Waals surface area (Å²) in [5.41, 5.74) is 1.18. The van der Waals surface area contributed by atoms with Crippen molar-refractivity contribution in [3.8, 4) is 0 Å². The third-order valence-electron chi connectivity index (χ3n) is 1.72. The lowest BCUT2D eigenvalue weighted by Crippen LogP contribution is -1.88. The normalized spacial score (nSPS) is 16.2. The van der Waals surface area contributed by atoms with Gasteiger partial charge in [-0.15, -0.1) is 11.8 Å². The fraction of sp³-hybridized carbons (Fsp3) is 0.222. The minimum Gasteiger partial charge on any atom is -0.348 e. The Bertz CT molecular complexity index is 298. The zero-order valence-electron chi connectivity index (χ0n) is 6.66. The average molecular weight is 178 g/mol. The molecule has 1 aliphatic heterocycles. The van der Waals surface area contributed by atoms with Gasteiger partial charge in [0.15, 0.2) is 0 Å². The molecule has 0 aromatic carbocycles. The largest absolute Gasteiger partial charge is 0.348 e. The van der Waals surface area contributed by atoms with E-state index in [0.29, 0.717) is 0 Å². The van der Waals surface area contributed by atoms with Gasteiger partial charge < -0.3 is 4.98 Å². The molecule has 0 aliphatic carbocycles. The first-order chi connectivity index (χ1) is 5.95. The Morgan fingerprint density at radius 3 is 3.25 bits per heavy atom. The van der Waals surface area contributed by atoms with Crippen LogP contribution in [0.3, 0.4) is 0 Å². The minimum absolute atomic E-state index is 0.981. The Labute approximate surface area is 75.8 Å². The number of aromatic amines is 1. The molecule has 1 aliphatic rings. The third kappa shape index (κ3) is 1.80. The molecule has 1 aromatic heterocycles. The van der Waals surface area contributed by atoms with Gasteiger partial charge in [0.1, 0.15) is 0 Å². The molecule has 0 spiro atoms. The first kappa shape index (κ1) is 7.68. The molecule has 2 nitrogen and oxygen atoms in total. The lowest BCUT2D eigenvalue weighted by molar-refractivity contribution is 1.12. The van der Waals surface area contributed by atoms with Crippen molar-refractivity contribution in [1.82, 2.24) is 9.97 Å². The van der Waals surface area contributed by atoms with Crippen LogP contribution >= 0.6 is 11.8 Å². The van der Waals surface area contributed by atoms with Crippen LogP contribution in [0.4, 0.5) is 0 Å². The molecule has 2 rings (SSSR count). The summed E-state index contributed by atoms with van der Waals surface area (Å²) in [7, 11) is 0. The van der Waals surface area contributed by atoms with E-state index >= 15 is 0 Å². The second-order valence-electron chi connectivity index (χ2n) is 2.65. The number of hydrogen-bond acceptors (Lipinski definition) is 2. The van der Waals surface area contributed by atoms with Crippen LogP contribution in [0.25, 0.3) is 0 Å².